The van der Waals surface area contributed by atoms with Crippen LogP contribution in [-0.2, 0) is 23.5 Å². The molecule has 8 heteroatoms. The first-order valence-corrected chi connectivity index (χ1v) is 7.15. The molecule has 19 heavy (non-hydrogen) atoms. The summed E-state index contributed by atoms with van der Waals surface area (Å²) in [4.78, 5) is 3.88. The number of nitrogen functional groups attached to an aromatic ring is 1. The second-order valence-corrected chi connectivity index (χ2v) is 5.78. The molecule has 0 spiro atoms. The van der Waals surface area contributed by atoms with Crippen molar-refractivity contribution < 1.29 is 8.42 Å². The fraction of sp³-hybridized carbons (Fsp3) is 0.273. The monoisotopic (exact) mass is 281 g/mol. The second kappa shape index (κ2) is 5.37. The van der Waals surface area contributed by atoms with Crippen molar-refractivity contribution in [3.05, 3.63) is 36.3 Å². The summed E-state index contributed by atoms with van der Waals surface area (Å²) < 4.78 is 28.2. The van der Waals surface area contributed by atoms with E-state index in [0.29, 0.717) is 13.0 Å². The molecule has 2 aromatic rings. The molecular weight excluding hydrogens is 266 g/mol. The summed E-state index contributed by atoms with van der Waals surface area (Å²) in [5.41, 5.74) is 6.42. The molecule has 2 rings (SSSR count). The van der Waals surface area contributed by atoms with E-state index in [1.165, 1.54) is 18.3 Å². The Hall–Kier alpha value is -1.93. The number of sulfonamides is 1. The Labute approximate surface area is 111 Å². The summed E-state index contributed by atoms with van der Waals surface area (Å²) in [5, 5.41) is 4.02. The molecule has 2 heterocycles. The number of hydrogen-bond donors (Lipinski definition) is 2. The van der Waals surface area contributed by atoms with Gasteiger partial charge < -0.3 is 5.73 Å². The summed E-state index contributed by atoms with van der Waals surface area (Å²) in [5.74, 6) is 0.175. The Morgan fingerprint density at radius 3 is 2.79 bits per heavy atom. The van der Waals surface area contributed by atoms with Gasteiger partial charge in [-0.3, -0.25) is 4.68 Å². The smallest absolute Gasteiger partial charge is 0.240 e. The third kappa shape index (κ3) is 3.30. The van der Waals surface area contributed by atoms with Crippen LogP contribution in [0.3, 0.4) is 0 Å². The number of hydrogen-bond acceptors (Lipinski definition) is 5. The summed E-state index contributed by atoms with van der Waals surface area (Å²) in [6.45, 7) is 0.296. The van der Waals surface area contributed by atoms with E-state index in [1.54, 1.807) is 10.9 Å². The van der Waals surface area contributed by atoms with Crippen LogP contribution in [0.5, 0.6) is 0 Å². The van der Waals surface area contributed by atoms with Crippen LogP contribution in [0, 0.1) is 0 Å². The lowest BCUT2D eigenvalue weighted by Gasteiger charge is -2.07. The predicted octanol–water partition coefficient (Wildman–Crippen LogP) is -0.0817. The first-order chi connectivity index (χ1) is 8.99. The van der Waals surface area contributed by atoms with E-state index in [4.69, 9.17) is 5.73 Å². The molecule has 102 valence electrons. The Bertz CT molecular complexity index is 665. The molecule has 3 N–H and O–H groups in total. The van der Waals surface area contributed by atoms with E-state index < -0.39 is 10.0 Å². The molecule has 0 aromatic carbocycles. The van der Waals surface area contributed by atoms with E-state index in [9.17, 15) is 8.42 Å². The fourth-order valence-corrected chi connectivity index (χ4v) is 2.69. The molecule has 0 amide bonds. The maximum atomic E-state index is 12.0. The molecule has 0 unspecified atom stereocenters. The normalized spacial score (nSPS) is 11.6. The van der Waals surface area contributed by atoms with Crippen LogP contribution in [0.2, 0.25) is 0 Å². The van der Waals surface area contributed by atoms with E-state index in [2.05, 4.69) is 14.8 Å². The number of aromatic nitrogens is 3. The Morgan fingerprint density at radius 1 is 1.37 bits per heavy atom. The van der Waals surface area contributed by atoms with Crippen LogP contribution >= 0.6 is 0 Å². The number of rotatable bonds is 5. The van der Waals surface area contributed by atoms with Crippen LogP contribution in [0.15, 0.2) is 35.5 Å². The summed E-state index contributed by atoms with van der Waals surface area (Å²) in [6, 6.07) is 4.58. The minimum absolute atomic E-state index is 0.116. The van der Waals surface area contributed by atoms with E-state index in [0.717, 1.165) is 5.69 Å². The van der Waals surface area contributed by atoms with E-state index in [1.807, 2.05) is 13.1 Å². The molecule has 0 bridgehead atoms. The molecule has 7 nitrogen and oxygen atoms in total. The van der Waals surface area contributed by atoms with Crippen molar-refractivity contribution in [2.75, 3.05) is 12.3 Å². The highest BCUT2D eigenvalue weighted by atomic mass is 32.2. The van der Waals surface area contributed by atoms with Gasteiger partial charge >= 0.3 is 0 Å². The molecule has 0 saturated carbocycles. The second-order valence-electron chi connectivity index (χ2n) is 4.01. The van der Waals surface area contributed by atoms with Gasteiger partial charge in [-0.05, 0) is 12.1 Å². The molecule has 0 aliphatic heterocycles. The number of nitrogens with two attached hydrogens (primary N) is 1. The average molecular weight is 281 g/mol. The van der Waals surface area contributed by atoms with Crippen molar-refractivity contribution in [1.82, 2.24) is 19.5 Å². The lowest BCUT2D eigenvalue weighted by molar-refractivity contribution is 0.579. The zero-order valence-electron chi connectivity index (χ0n) is 10.4. The third-order valence-electron chi connectivity index (χ3n) is 2.66. The van der Waals surface area contributed by atoms with Gasteiger partial charge in [0.25, 0.3) is 0 Å². The van der Waals surface area contributed by atoms with Crippen molar-refractivity contribution in [3.8, 4) is 0 Å². The third-order valence-corrected chi connectivity index (χ3v) is 4.12. The van der Waals surface area contributed by atoms with Crippen LogP contribution < -0.4 is 10.5 Å². The van der Waals surface area contributed by atoms with Gasteiger partial charge in [-0.1, -0.05) is 0 Å². The largest absolute Gasteiger partial charge is 0.384 e. The van der Waals surface area contributed by atoms with Crippen molar-refractivity contribution in [2.45, 2.75) is 11.3 Å². The zero-order chi connectivity index (χ0) is 13.9. The van der Waals surface area contributed by atoms with Crippen molar-refractivity contribution in [1.29, 1.82) is 0 Å². The number of nitrogens with one attached hydrogen (secondary N) is 1. The minimum Gasteiger partial charge on any atom is -0.384 e. The Kier molecular flexibility index (Phi) is 3.82. The first kappa shape index (κ1) is 13.5. The molecule has 0 atom stereocenters. The summed E-state index contributed by atoms with van der Waals surface area (Å²) >= 11 is 0. The van der Waals surface area contributed by atoms with Gasteiger partial charge in [0.1, 0.15) is 5.82 Å². The number of nitrogens with zero attached hydrogens (tertiary/aromatic N) is 3. The SMILES string of the molecule is Cn1nccc1CCNS(=O)(=O)c1ccnc(N)c1. The number of anilines is 1. The average Bonchev–Trinajstić information content (AvgIpc) is 2.75. The number of aryl methyl sites for hydroxylation is 1. The lowest BCUT2D eigenvalue weighted by Crippen LogP contribution is -2.26. The summed E-state index contributed by atoms with van der Waals surface area (Å²) in [6.07, 6.45) is 3.61. The number of pyridine rings is 1. The highest BCUT2D eigenvalue weighted by Gasteiger charge is 2.14. The lowest BCUT2D eigenvalue weighted by atomic mass is 10.3. The van der Waals surface area contributed by atoms with E-state index >= 15 is 0 Å². The van der Waals surface area contributed by atoms with Gasteiger partial charge in [0.05, 0.1) is 4.90 Å². The van der Waals surface area contributed by atoms with Gasteiger partial charge in [0, 0.05) is 44.2 Å². The maximum Gasteiger partial charge on any atom is 0.240 e. The van der Waals surface area contributed by atoms with Crippen LogP contribution in [0.25, 0.3) is 0 Å². The first-order valence-electron chi connectivity index (χ1n) is 5.67. The van der Waals surface area contributed by atoms with Crippen LogP contribution in [0.4, 0.5) is 5.82 Å². The molecule has 0 saturated heterocycles. The van der Waals surface area contributed by atoms with Crippen LogP contribution in [0.1, 0.15) is 5.69 Å². The summed E-state index contributed by atoms with van der Waals surface area (Å²) in [7, 11) is -1.74. The minimum atomic E-state index is -3.55. The molecule has 0 radical (unpaired) electrons. The van der Waals surface area contributed by atoms with Gasteiger partial charge in [-0.25, -0.2) is 18.1 Å². The molecule has 0 aliphatic rings. The quantitative estimate of drug-likeness (QED) is 0.798. The van der Waals surface area contributed by atoms with Crippen molar-refractivity contribution in [2.24, 2.45) is 7.05 Å². The zero-order valence-corrected chi connectivity index (χ0v) is 11.3. The fourth-order valence-electron chi connectivity index (χ4n) is 1.64. The standard InChI is InChI=1S/C11H15N5O2S/c1-16-9(2-6-14-16)3-7-15-19(17,18)10-4-5-13-11(12)8-10/h2,4-6,8,15H,3,7H2,1H3,(H2,12,13). The maximum absolute atomic E-state index is 12.0. The predicted molar refractivity (Wildman–Crippen MR) is 70.7 cm³/mol. The molecular formula is C11H15N5O2S. The van der Waals surface area contributed by atoms with Gasteiger partial charge in [0.2, 0.25) is 10.0 Å². The molecule has 2 aromatic heterocycles. The van der Waals surface area contributed by atoms with Crippen molar-refractivity contribution >= 4 is 15.8 Å². The Morgan fingerprint density at radius 2 is 2.16 bits per heavy atom. The topological polar surface area (TPSA) is 103 Å². The highest BCUT2D eigenvalue weighted by molar-refractivity contribution is 7.89. The van der Waals surface area contributed by atoms with Gasteiger partial charge in [-0.2, -0.15) is 5.10 Å². The van der Waals surface area contributed by atoms with Crippen molar-refractivity contribution in [3.63, 3.8) is 0 Å². The van der Waals surface area contributed by atoms with Gasteiger partial charge in [-0.15, -0.1) is 0 Å². The van der Waals surface area contributed by atoms with E-state index in [-0.39, 0.29) is 10.7 Å². The van der Waals surface area contributed by atoms with Crippen LogP contribution in [-0.4, -0.2) is 29.7 Å². The molecule has 0 fully saturated rings. The highest BCUT2D eigenvalue weighted by Crippen LogP contribution is 2.10. The molecule has 0 aliphatic carbocycles. The van der Waals surface area contributed by atoms with Gasteiger partial charge in [0.15, 0.2) is 0 Å². The Balaban J connectivity index is 2.01.